The van der Waals surface area contributed by atoms with Gasteiger partial charge in [-0.25, -0.2) is 0 Å². The van der Waals surface area contributed by atoms with Crippen molar-refractivity contribution in [2.75, 3.05) is 4.90 Å². The molecule has 1 aliphatic rings. The van der Waals surface area contributed by atoms with Crippen LogP contribution in [-0.2, 0) is 5.41 Å². The van der Waals surface area contributed by atoms with Gasteiger partial charge in [0.1, 0.15) is 11.2 Å². The fourth-order valence-corrected chi connectivity index (χ4v) is 8.28. The van der Waals surface area contributed by atoms with Gasteiger partial charge in [0.15, 0.2) is 0 Å². The zero-order valence-corrected chi connectivity index (χ0v) is 28.6. The van der Waals surface area contributed by atoms with E-state index in [0.29, 0.717) is 0 Å². The SMILES string of the molecule is CC1(C)c2ccccc2-c2cc3c(cc21)oc1c2ccccc2c(-c2ccc(N(c4ccccc4)c4ccc(-c5ccccc5)cc4)cc2)cc31. The van der Waals surface area contributed by atoms with Crippen molar-refractivity contribution in [2.24, 2.45) is 0 Å². The maximum atomic E-state index is 6.75. The van der Waals surface area contributed by atoms with Crippen LogP contribution in [0.4, 0.5) is 17.1 Å². The normalized spacial score (nSPS) is 13.1. The Morgan fingerprint density at radius 3 is 1.67 bits per heavy atom. The van der Waals surface area contributed by atoms with Crippen molar-refractivity contribution in [1.29, 1.82) is 0 Å². The molecule has 1 aromatic heterocycles. The molecule has 2 nitrogen and oxygen atoms in total. The smallest absolute Gasteiger partial charge is 0.143 e. The Labute approximate surface area is 297 Å². The van der Waals surface area contributed by atoms with E-state index >= 15 is 0 Å². The van der Waals surface area contributed by atoms with Gasteiger partial charge in [-0.3, -0.25) is 0 Å². The van der Waals surface area contributed by atoms with Crippen molar-refractivity contribution in [3.05, 3.63) is 187 Å². The van der Waals surface area contributed by atoms with E-state index in [1.165, 1.54) is 49.9 Å². The minimum Gasteiger partial charge on any atom is -0.455 e. The Balaban J connectivity index is 1.10. The van der Waals surface area contributed by atoms with Crippen LogP contribution in [-0.4, -0.2) is 0 Å². The molecule has 0 atom stereocenters. The van der Waals surface area contributed by atoms with Gasteiger partial charge in [-0.15, -0.1) is 0 Å². The van der Waals surface area contributed by atoms with E-state index in [4.69, 9.17) is 4.42 Å². The number of anilines is 3. The lowest BCUT2D eigenvalue weighted by molar-refractivity contribution is 0.648. The third kappa shape index (κ3) is 4.64. The van der Waals surface area contributed by atoms with E-state index < -0.39 is 0 Å². The summed E-state index contributed by atoms with van der Waals surface area (Å²) < 4.78 is 6.75. The third-order valence-corrected chi connectivity index (χ3v) is 10.9. The fourth-order valence-electron chi connectivity index (χ4n) is 8.28. The lowest BCUT2D eigenvalue weighted by Crippen LogP contribution is -2.14. The lowest BCUT2D eigenvalue weighted by Gasteiger charge is -2.26. The largest absolute Gasteiger partial charge is 0.455 e. The van der Waals surface area contributed by atoms with Gasteiger partial charge in [0.05, 0.1) is 0 Å². The monoisotopic (exact) mass is 653 g/mol. The molecule has 2 heteroatoms. The topological polar surface area (TPSA) is 16.4 Å². The van der Waals surface area contributed by atoms with E-state index in [-0.39, 0.29) is 5.41 Å². The number of rotatable bonds is 5. The van der Waals surface area contributed by atoms with Gasteiger partial charge in [0.25, 0.3) is 0 Å². The molecule has 1 aliphatic carbocycles. The summed E-state index contributed by atoms with van der Waals surface area (Å²) in [5, 5.41) is 4.63. The van der Waals surface area contributed by atoms with Crippen LogP contribution in [0.15, 0.2) is 180 Å². The molecule has 10 rings (SSSR count). The van der Waals surface area contributed by atoms with Gasteiger partial charge < -0.3 is 9.32 Å². The van der Waals surface area contributed by atoms with Crippen LogP contribution in [0.1, 0.15) is 25.0 Å². The molecule has 9 aromatic rings. The highest BCUT2D eigenvalue weighted by molar-refractivity contribution is 6.20. The van der Waals surface area contributed by atoms with Gasteiger partial charge >= 0.3 is 0 Å². The van der Waals surface area contributed by atoms with E-state index in [2.05, 4.69) is 195 Å². The van der Waals surface area contributed by atoms with Crippen molar-refractivity contribution in [2.45, 2.75) is 19.3 Å². The molecule has 0 N–H and O–H groups in total. The van der Waals surface area contributed by atoms with Crippen LogP contribution in [0.3, 0.4) is 0 Å². The number of hydrogen-bond acceptors (Lipinski definition) is 2. The van der Waals surface area contributed by atoms with Crippen molar-refractivity contribution in [3.8, 4) is 33.4 Å². The Bertz CT molecular complexity index is 2740. The number of para-hydroxylation sites is 1. The molecular formula is C49H35NO. The van der Waals surface area contributed by atoms with E-state index in [9.17, 15) is 0 Å². The van der Waals surface area contributed by atoms with E-state index in [1.54, 1.807) is 0 Å². The van der Waals surface area contributed by atoms with Crippen molar-refractivity contribution < 1.29 is 4.42 Å². The minimum absolute atomic E-state index is 0.0777. The molecule has 0 spiro atoms. The fraction of sp³-hybridized carbons (Fsp3) is 0.0612. The number of fused-ring (bicyclic) bond motifs is 8. The average Bonchev–Trinajstić information content (AvgIpc) is 3.66. The highest BCUT2D eigenvalue weighted by atomic mass is 16.3. The lowest BCUT2D eigenvalue weighted by atomic mass is 9.82. The maximum Gasteiger partial charge on any atom is 0.143 e. The molecule has 0 bridgehead atoms. The Morgan fingerprint density at radius 2 is 0.941 bits per heavy atom. The molecule has 0 aliphatic heterocycles. The third-order valence-electron chi connectivity index (χ3n) is 10.9. The summed E-state index contributed by atoms with van der Waals surface area (Å²) in [5.41, 5.74) is 15.3. The first-order chi connectivity index (χ1) is 25.0. The minimum atomic E-state index is -0.0777. The molecule has 51 heavy (non-hydrogen) atoms. The molecule has 0 radical (unpaired) electrons. The first-order valence-corrected chi connectivity index (χ1v) is 17.7. The summed E-state index contributed by atoms with van der Waals surface area (Å²) in [6, 6.07) is 63.5. The van der Waals surface area contributed by atoms with Crippen molar-refractivity contribution >= 4 is 49.8 Å². The van der Waals surface area contributed by atoms with Gasteiger partial charge in [-0.1, -0.05) is 135 Å². The quantitative estimate of drug-likeness (QED) is 0.184. The first-order valence-electron chi connectivity index (χ1n) is 17.7. The second kappa shape index (κ2) is 11.3. The van der Waals surface area contributed by atoms with E-state index in [0.717, 1.165) is 44.4 Å². The predicted molar refractivity (Wildman–Crippen MR) is 214 cm³/mol. The maximum absolute atomic E-state index is 6.75. The average molecular weight is 654 g/mol. The van der Waals surface area contributed by atoms with Crippen molar-refractivity contribution in [1.82, 2.24) is 0 Å². The van der Waals surface area contributed by atoms with Crippen LogP contribution in [0, 0.1) is 0 Å². The van der Waals surface area contributed by atoms with Gasteiger partial charge in [0.2, 0.25) is 0 Å². The summed E-state index contributed by atoms with van der Waals surface area (Å²) in [7, 11) is 0. The first kappa shape index (κ1) is 29.5. The summed E-state index contributed by atoms with van der Waals surface area (Å²) in [4.78, 5) is 2.32. The van der Waals surface area contributed by atoms with Gasteiger partial charge in [0, 0.05) is 38.6 Å². The zero-order chi connectivity index (χ0) is 34.1. The number of furan rings is 1. The highest BCUT2D eigenvalue weighted by Gasteiger charge is 2.36. The van der Waals surface area contributed by atoms with Gasteiger partial charge in [-0.05, 0) is 104 Å². The predicted octanol–water partition coefficient (Wildman–Crippen LogP) is 13.8. The molecule has 0 amide bonds. The summed E-state index contributed by atoms with van der Waals surface area (Å²) in [6.45, 7) is 4.64. The standard InChI is InChI=1S/C49H35NO/c1-49(2)45-20-12-11-18-39(45)42-30-43-44-29-41(38-17-9-10-19-40(38)48(44)51-47(43)31-46(42)49)34-23-27-37(28-24-34)50(35-15-7-4-8-16-35)36-25-21-33(22-26-36)32-13-5-3-6-14-32/h3-31H,1-2H3. The number of benzene rings is 8. The molecule has 242 valence electrons. The van der Waals surface area contributed by atoms with Crippen LogP contribution in [0.5, 0.6) is 0 Å². The van der Waals surface area contributed by atoms with Crippen LogP contribution in [0.25, 0.3) is 66.1 Å². The number of nitrogens with zero attached hydrogens (tertiary/aromatic N) is 1. The van der Waals surface area contributed by atoms with Crippen LogP contribution in [0.2, 0.25) is 0 Å². The van der Waals surface area contributed by atoms with Gasteiger partial charge in [-0.2, -0.15) is 0 Å². The molecule has 1 heterocycles. The second-order valence-electron chi connectivity index (χ2n) is 14.1. The van der Waals surface area contributed by atoms with Crippen molar-refractivity contribution in [3.63, 3.8) is 0 Å². The molecule has 0 saturated carbocycles. The Morgan fingerprint density at radius 1 is 0.392 bits per heavy atom. The van der Waals surface area contributed by atoms with Crippen LogP contribution < -0.4 is 4.90 Å². The Kier molecular flexibility index (Phi) is 6.56. The Hall–Kier alpha value is -6.38. The summed E-state index contributed by atoms with van der Waals surface area (Å²) in [5.74, 6) is 0. The van der Waals surface area contributed by atoms with Crippen LogP contribution >= 0.6 is 0 Å². The number of hydrogen-bond donors (Lipinski definition) is 0. The molecule has 0 fully saturated rings. The highest BCUT2D eigenvalue weighted by Crippen LogP contribution is 2.51. The molecule has 0 unspecified atom stereocenters. The molecular weight excluding hydrogens is 619 g/mol. The second-order valence-corrected chi connectivity index (χ2v) is 14.1. The molecule has 8 aromatic carbocycles. The molecule has 0 saturated heterocycles. The summed E-state index contributed by atoms with van der Waals surface area (Å²) >= 11 is 0. The zero-order valence-electron chi connectivity index (χ0n) is 28.6. The summed E-state index contributed by atoms with van der Waals surface area (Å²) in [6.07, 6.45) is 0. The van der Waals surface area contributed by atoms with E-state index in [1.807, 2.05) is 0 Å².